The zero-order chi connectivity index (χ0) is 18.8. The number of carbonyl (C=O) groups excluding carboxylic acids is 3. The number of furan rings is 1. The summed E-state index contributed by atoms with van der Waals surface area (Å²) in [6.45, 7) is 0.0953. The maximum absolute atomic E-state index is 12.5. The molecule has 0 saturated carbocycles. The molecule has 0 fully saturated rings. The molecule has 6 nitrogen and oxygen atoms in total. The van der Waals surface area contributed by atoms with E-state index >= 15 is 0 Å². The fourth-order valence-electron chi connectivity index (χ4n) is 3.09. The van der Waals surface area contributed by atoms with Crippen molar-refractivity contribution in [1.82, 2.24) is 10.6 Å². The molecule has 0 bridgehead atoms. The molecule has 3 aromatic rings. The largest absolute Gasteiger partial charge is 0.467 e. The molecule has 1 aliphatic carbocycles. The summed E-state index contributed by atoms with van der Waals surface area (Å²) in [4.78, 5) is 36.7. The van der Waals surface area contributed by atoms with Crippen molar-refractivity contribution in [2.75, 3.05) is 6.54 Å². The molecule has 27 heavy (non-hydrogen) atoms. The predicted molar refractivity (Wildman–Crippen MR) is 98.2 cm³/mol. The molecule has 0 atom stereocenters. The Bertz CT molecular complexity index is 1040. The quantitative estimate of drug-likeness (QED) is 0.572. The predicted octanol–water partition coefficient (Wildman–Crippen LogP) is 2.54. The van der Waals surface area contributed by atoms with Crippen molar-refractivity contribution in [3.63, 3.8) is 0 Å². The van der Waals surface area contributed by atoms with Crippen LogP contribution in [0.4, 0.5) is 0 Å². The van der Waals surface area contributed by atoms with Crippen LogP contribution in [0.5, 0.6) is 0 Å². The topological polar surface area (TPSA) is 88.4 Å². The van der Waals surface area contributed by atoms with Crippen LogP contribution in [0.2, 0.25) is 0 Å². The average Bonchev–Trinajstić information content (AvgIpc) is 3.32. The summed E-state index contributed by atoms with van der Waals surface area (Å²) >= 11 is 0. The fraction of sp³-hybridized carbons (Fsp3) is 0.0952. The maximum atomic E-state index is 12.5. The Kier molecular flexibility index (Phi) is 4.30. The smallest absolute Gasteiger partial charge is 0.251 e. The summed E-state index contributed by atoms with van der Waals surface area (Å²) in [6.07, 6.45) is 1.52. The second-order valence-electron chi connectivity index (χ2n) is 6.17. The maximum Gasteiger partial charge on any atom is 0.251 e. The van der Waals surface area contributed by atoms with Crippen molar-refractivity contribution in [2.24, 2.45) is 0 Å². The summed E-state index contributed by atoms with van der Waals surface area (Å²) in [7, 11) is 0. The zero-order valence-electron chi connectivity index (χ0n) is 14.3. The molecular weight excluding hydrogens is 344 g/mol. The molecule has 6 heteroatoms. The van der Waals surface area contributed by atoms with E-state index in [1.165, 1.54) is 6.26 Å². The molecule has 0 unspecified atom stereocenters. The minimum absolute atomic E-state index is 0.0913. The van der Waals surface area contributed by atoms with Crippen molar-refractivity contribution in [3.8, 4) is 11.1 Å². The minimum atomic E-state index is -0.408. The molecule has 1 aromatic heterocycles. The number of hydrogen-bond donors (Lipinski definition) is 2. The van der Waals surface area contributed by atoms with Gasteiger partial charge in [0.05, 0.1) is 19.4 Å². The second kappa shape index (κ2) is 6.92. The molecule has 0 spiro atoms. The van der Waals surface area contributed by atoms with Gasteiger partial charge in [-0.3, -0.25) is 14.4 Å². The molecule has 1 heterocycles. The standard InChI is InChI=1S/C21H16N2O4/c24-19(22-11-14-4-3-9-27-14)12-23-21(26)13-7-8-16-15-5-1-2-6-17(15)20(25)18(16)10-13/h1-10H,11-12H2,(H,22,24)(H,23,26). The van der Waals surface area contributed by atoms with Crippen LogP contribution in [-0.4, -0.2) is 24.1 Å². The first kappa shape index (κ1) is 16.8. The minimum Gasteiger partial charge on any atom is -0.467 e. The van der Waals surface area contributed by atoms with Gasteiger partial charge in [0, 0.05) is 16.7 Å². The van der Waals surface area contributed by atoms with E-state index in [-0.39, 0.29) is 24.8 Å². The highest BCUT2D eigenvalue weighted by atomic mass is 16.3. The molecule has 134 valence electrons. The van der Waals surface area contributed by atoms with Gasteiger partial charge in [0.15, 0.2) is 5.78 Å². The zero-order valence-corrected chi connectivity index (χ0v) is 14.3. The highest BCUT2D eigenvalue weighted by Crippen LogP contribution is 2.36. The van der Waals surface area contributed by atoms with Crippen molar-refractivity contribution < 1.29 is 18.8 Å². The van der Waals surface area contributed by atoms with E-state index in [2.05, 4.69) is 10.6 Å². The third-order valence-electron chi connectivity index (χ3n) is 4.44. The lowest BCUT2D eigenvalue weighted by Gasteiger charge is -2.07. The Balaban J connectivity index is 1.40. The highest BCUT2D eigenvalue weighted by molar-refractivity contribution is 6.22. The number of nitrogens with one attached hydrogen (secondary N) is 2. The van der Waals surface area contributed by atoms with Crippen LogP contribution in [0.15, 0.2) is 65.3 Å². The van der Waals surface area contributed by atoms with Crippen LogP contribution in [-0.2, 0) is 11.3 Å². The van der Waals surface area contributed by atoms with E-state index in [1.807, 2.05) is 18.2 Å². The third-order valence-corrected chi connectivity index (χ3v) is 4.44. The monoisotopic (exact) mass is 360 g/mol. The van der Waals surface area contributed by atoms with Crippen LogP contribution in [0, 0.1) is 0 Å². The van der Waals surface area contributed by atoms with Gasteiger partial charge in [0.1, 0.15) is 5.76 Å². The van der Waals surface area contributed by atoms with Crippen LogP contribution in [0.1, 0.15) is 32.0 Å². The third kappa shape index (κ3) is 3.25. The van der Waals surface area contributed by atoms with E-state index in [0.717, 1.165) is 11.1 Å². The normalized spacial score (nSPS) is 11.6. The van der Waals surface area contributed by atoms with Gasteiger partial charge in [-0.25, -0.2) is 0 Å². The molecule has 1 aliphatic rings. The number of amides is 2. The fourth-order valence-corrected chi connectivity index (χ4v) is 3.09. The first-order valence-electron chi connectivity index (χ1n) is 8.49. The van der Waals surface area contributed by atoms with E-state index < -0.39 is 5.91 Å². The molecular formula is C21H16N2O4. The van der Waals surface area contributed by atoms with Crippen LogP contribution < -0.4 is 10.6 Å². The van der Waals surface area contributed by atoms with E-state index in [4.69, 9.17) is 4.42 Å². The number of carbonyl (C=O) groups is 3. The van der Waals surface area contributed by atoms with Gasteiger partial charge in [0.25, 0.3) is 5.91 Å². The Morgan fingerprint density at radius 2 is 1.63 bits per heavy atom. The Labute approximate surface area is 155 Å². The van der Waals surface area contributed by atoms with Crippen LogP contribution >= 0.6 is 0 Å². The Hall–Kier alpha value is -3.67. The van der Waals surface area contributed by atoms with Gasteiger partial charge in [0.2, 0.25) is 5.91 Å². The lowest BCUT2D eigenvalue weighted by Crippen LogP contribution is -2.36. The van der Waals surface area contributed by atoms with Gasteiger partial charge in [-0.15, -0.1) is 0 Å². The summed E-state index contributed by atoms with van der Waals surface area (Å²) in [6, 6.07) is 15.8. The SMILES string of the molecule is O=C(CNC(=O)c1ccc2c(c1)C(=O)c1ccccc1-2)NCc1ccco1. The van der Waals surface area contributed by atoms with Gasteiger partial charge in [-0.05, 0) is 35.4 Å². The van der Waals surface area contributed by atoms with Gasteiger partial charge < -0.3 is 15.1 Å². The lowest BCUT2D eigenvalue weighted by atomic mass is 10.0. The summed E-state index contributed by atoms with van der Waals surface area (Å²) in [5.41, 5.74) is 3.19. The van der Waals surface area contributed by atoms with Gasteiger partial charge >= 0.3 is 0 Å². The molecule has 2 N–H and O–H groups in total. The van der Waals surface area contributed by atoms with Gasteiger partial charge in [-0.2, -0.15) is 0 Å². The van der Waals surface area contributed by atoms with Crippen molar-refractivity contribution in [1.29, 1.82) is 0 Å². The molecule has 4 rings (SSSR count). The second-order valence-corrected chi connectivity index (χ2v) is 6.17. The summed E-state index contributed by atoms with van der Waals surface area (Å²) < 4.78 is 5.12. The van der Waals surface area contributed by atoms with E-state index in [0.29, 0.717) is 22.5 Å². The van der Waals surface area contributed by atoms with Crippen LogP contribution in [0.25, 0.3) is 11.1 Å². The van der Waals surface area contributed by atoms with Gasteiger partial charge in [-0.1, -0.05) is 30.3 Å². The number of rotatable bonds is 5. The first-order chi connectivity index (χ1) is 13.1. The average molecular weight is 360 g/mol. The van der Waals surface area contributed by atoms with Crippen LogP contribution in [0.3, 0.4) is 0 Å². The van der Waals surface area contributed by atoms with E-state index in [1.54, 1.807) is 36.4 Å². The number of benzene rings is 2. The molecule has 0 radical (unpaired) electrons. The molecule has 2 amide bonds. The number of hydrogen-bond acceptors (Lipinski definition) is 4. The molecule has 2 aromatic carbocycles. The highest BCUT2D eigenvalue weighted by Gasteiger charge is 2.27. The Morgan fingerprint density at radius 3 is 2.41 bits per heavy atom. The summed E-state index contributed by atoms with van der Waals surface area (Å²) in [5.74, 6) is -0.197. The Morgan fingerprint density at radius 1 is 0.852 bits per heavy atom. The van der Waals surface area contributed by atoms with Crippen molar-refractivity contribution in [2.45, 2.75) is 6.54 Å². The molecule has 0 saturated heterocycles. The number of fused-ring (bicyclic) bond motifs is 3. The first-order valence-corrected chi connectivity index (χ1v) is 8.49. The lowest BCUT2D eigenvalue weighted by molar-refractivity contribution is -0.120. The van der Waals surface area contributed by atoms with E-state index in [9.17, 15) is 14.4 Å². The molecule has 0 aliphatic heterocycles. The van der Waals surface area contributed by atoms with Crippen molar-refractivity contribution in [3.05, 3.63) is 83.3 Å². The summed E-state index contributed by atoms with van der Waals surface area (Å²) in [5, 5.41) is 5.21. The number of ketones is 1. The van der Waals surface area contributed by atoms with Crippen molar-refractivity contribution >= 4 is 17.6 Å².